The molecule has 0 aliphatic rings. The van der Waals surface area contributed by atoms with Gasteiger partial charge in [0.05, 0.1) is 12.6 Å². The van der Waals surface area contributed by atoms with Crippen molar-refractivity contribution in [3.8, 4) is 0 Å². The number of carbonyl (C=O) groups is 6. The number of aliphatic carboxylic acids is 1. The summed E-state index contributed by atoms with van der Waals surface area (Å²) in [6.45, 7) is 7.01. The summed E-state index contributed by atoms with van der Waals surface area (Å²) in [4.78, 5) is 74.2. The Balaban J connectivity index is 5.32. The smallest absolute Gasteiger partial charge is 0.326 e. The van der Waals surface area contributed by atoms with E-state index >= 15 is 0 Å². The highest BCUT2D eigenvalue weighted by molar-refractivity contribution is 5.96. The number of carbonyl (C=O) groups excluding carboxylic acids is 5. The van der Waals surface area contributed by atoms with Gasteiger partial charge in [-0.3, -0.25) is 29.4 Å². The van der Waals surface area contributed by atoms with Gasteiger partial charge < -0.3 is 53.6 Å². The quantitative estimate of drug-likeness (QED) is 0.0419. The van der Waals surface area contributed by atoms with Crippen molar-refractivity contribution in [2.24, 2.45) is 17.4 Å². The lowest BCUT2D eigenvalue weighted by Crippen LogP contribution is -2.60. The summed E-state index contributed by atoms with van der Waals surface area (Å²) in [7, 11) is 0. The topological polar surface area (TPSA) is 291 Å². The number of hydrogen-bond acceptors (Lipinski definition) is 9. The summed E-state index contributed by atoms with van der Waals surface area (Å²) in [5.74, 6) is -5.76. The Kier molecular flexibility index (Phi) is 16.6. The van der Waals surface area contributed by atoms with Crippen molar-refractivity contribution in [1.82, 2.24) is 31.9 Å². The van der Waals surface area contributed by atoms with Crippen LogP contribution in [0, 0.1) is 11.3 Å². The van der Waals surface area contributed by atoms with Crippen LogP contribution in [-0.2, 0) is 28.8 Å². The molecule has 0 rings (SSSR count). The van der Waals surface area contributed by atoms with Crippen molar-refractivity contribution in [2.45, 2.75) is 90.1 Å². The second kappa shape index (κ2) is 18.4. The Labute approximate surface area is 238 Å². The number of carboxylic acids is 1. The van der Waals surface area contributed by atoms with E-state index in [1.54, 1.807) is 13.8 Å². The maximum Gasteiger partial charge on any atom is 0.326 e. The average molecular weight is 588 g/mol. The van der Waals surface area contributed by atoms with Crippen LogP contribution in [0.4, 0.5) is 0 Å². The van der Waals surface area contributed by atoms with E-state index in [2.05, 4.69) is 31.9 Å². The van der Waals surface area contributed by atoms with Crippen LogP contribution in [0.2, 0.25) is 0 Å². The van der Waals surface area contributed by atoms with Crippen molar-refractivity contribution in [3.05, 3.63) is 0 Å². The molecule has 0 spiro atoms. The first-order valence-electron chi connectivity index (χ1n) is 13.2. The number of amides is 5. The maximum atomic E-state index is 13.1. The third kappa shape index (κ3) is 13.8. The number of carboxylic acid groups (broad SMARTS) is 1. The highest BCUT2D eigenvalue weighted by atomic mass is 16.4. The third-order valence-corrected chi connectivity index (χ3v) is 6.13. The Hall–Kier alpha value is -3.99. The van der Waals surface area contributed by atoms with Gasteiger partial charge in [-0.1, -0.05) is 20.3 Å². The van der Waals surface area contributed by atoms with Crippen LogP contribution in [0.25, 0.3) is 0 Å². The number of guanidine groups is 1. The zero-order valence-electron chi connectivity index (χ0n) is 24.1. The van der Waals surface area contributed by atoms with Crippen molar-refractivity contribution in [2.75, 3.05) is 13.2 Å². The molecule has 17 nitrogen and oxygen atoms in total. The molecule has 0 bridgehead atoms. The fraction of sp³-hybridized carbons (Fsp3) is 0.708. The van der Waals surface area contributed by atoms with Crippen molar-refractivity contribution >= 4 is 41.5 Å². The van der Waals surface area contributed by atoms with Crippen molar-refractivity contribution in [3.63, 3.8) is 0 Å². The molecule has 0 saturated heterocycles. The fourth-order valence-corrected chi connectivity index (χ4v) is 3.31. The van der Waals surface area contributed by atoms with E-state index in [1.807, 2.05) is 0 Å². The molecule has 0 aliphatic carbocycles. The van der Waals surface area contributed by atoms with E-state index in [9.17, 15) is 39.0 Å². The molecule has 17 heteroatoms. The lowest BCUT2D eigenvalue weighted by Gasteiger charge is -2.28. The second-order valence-corrected chi connectivity index (χ2v) is 9.75. The minimum atomic E-state index is -1.52. The first kappa shape index (κ1) is 37.0. The van der Waals surface area contributed by atoms with Gasteiger partial charge in [0.2, 0.25) is 29.5 Å². The summed E-state index contributed by atoms with van der Waals surface area (Å²) in [6, 6.07) is -6.96. The Morgan fingerprint density at radius 3 is 1.76 bits per heavy atom. The van der Waals surface area contributed by atoms with E-state index in [1.165, 1.54) is 20.8 Å². The number of rotatable bonds is 18. The van der Waals surface area contributed by atoms with E-state index in [4.69, 9.17) is 16.9 Å². The van der Waals surface area contributed by atoms with Gasteiger partial charge in [-0.2, -0.15) is 0 Å². The molecule has 7 atom stereocenters. The molecular weight excluding hydrogens is 542 g/mol. The lowest BCUT2D eigenvalue weighted by atomic mass is 9.97. The predicted octanol–water partition coefficient (Wildman–Crippen LogP) is -3.82. The molecule has 0 heterocycles. The molecule has 41 heavy (non-hydrogen) atoms. The summed E-state index contributed by atoms with van der Waals surface area (Å²) >= 11 is 0. The highest BCUT2D eigenvalue weighted by Gasteiger charge is 2.32. The molecule has 13 N–H and O–H groups in total. The molecule has 5 amide bonds. The molecule has 0 radical (unpaired) electrons. The van der Waals surface area contributed by atoms with Gasteiger partial charge in [0.15, 0.2) is 5.96 Å². The average Bonchev–Trinajstić information content (AvgIpc) is 2.90. The summed E-state index contributed by atoms with van der Waals surface area (Å²) in [6.07, 6.45) is 0.669. The van der Waals surface area contributed by atoms with E-state index in [0.717, 1.165) is 0 Å². The normalized spacial score (nSPS) is 15.9. The summed E-state index contributed by atoms with van der Waals surface area (Å²) in [5, 5.41) is 40.7. The number of aliphatic hydroxyl groups is 1. The molecule has 0 unspecified atom stereocenters. The Morgan fingerprint density at radius 2 is 1.29 bits per heavy atom. The first-order chi connectivity index (χ1) is 19.0. The number of hydrogen-bond donors (Lipinski definition) is 11. The van der Waals surface area contributed by atoms with Crippen LogP contribution in [0.15, 0.2) is 0 Å². The summed E-state index contributed by atoms with van der Waals surface area (Å²) < 4.78 is 0. The standard InChI is InChI=1S/C24H45N9O8/c1-6-11(2)17(33-20(37)14(5)30-19(36)13(4)29-18(35)12(3)25)22(39)32-16(10-34)21(38)31-15(23(40)41)8-7-9-28-24(26)27/h11-17,34H,6-10,25H2,1-5H3,(H,29,35)(H,30,36)(H,31,38)(H,32,39)(H,33,37)(H,40,41)(H4,26,27,28)/t11-,12-,13-,14-,15-,16-,17-/m0/s1. The van der Waals surface area contributed by atoms with E-state index in [-0.39, 0.29) is 25.3 Å². The molecule has 0 aliphatic heterocycles. The van der Waals surface area contributed by atoms with Crippen LogP contribution < -0.4 is 43.4 Å². The molecule has 0 saturated carbocycles. The zero-order chi connectivity index (χ0) is 31.9. The first-order valence-corrected chi connectivity index (χ1v) is 13.2. The molecule has 0 aromatic heterocycles. The van der Waals surface area contributed by atoms with Crippen LogP contribution in [-0.4, -0.2) is 101 Å². The van der Waals surface area contributed by atoms with E-state index in [0.29, 0.717) is 6.42 Å². The zero-order valence-corrected chi connectivity index (χ0v) is 24.1. The molecule has 0 fully saturated rings. The Bertz CT molecular complexity index is 946. The van der Waals surface area contributed by atoms with Crippen LogP contribution >= 0.6 is 0 Å². The summed E-state index contributed by atoms with van der Waals surface area (Å²) in [5.41, 5.74) is 10.6. The van der Waals surface area contributed by atoms with Gasteiger partial charge in [-0.25, -0.2) is 4.79 Å². The minimum absolute atomic E-state index is 0.0177. The minimum Gasteiger partial charge on any atom is -0.480 e. The Morgan fingerprint density at radius 1 is 0.780 bits per heavy atom. The molecule has 234 valence electrons. The number of nitrogens with two attached hydrogens (primary N) is 2. The van der Waals surface area contributed by atoms with Gasteiger partial charge in [0.1, 0.15) is 30.2 Å². The van der Waals surface area contributed by atoms with Crippen LogP contribution in [0.3, 0.4) is 0 Å². The van der Waals surface area contributed by atoms with Gasteiger partial charge >= 0.3 is 5.97 Å². The second-order valence-electron chi connectivity index (χ2n) is 9.75. The van der Waals surface area contributed by atoms with E-state index < -0.39 is 84.3 Å². The molecular formula is C24H45N9O8. The molecule has 0 aromatic carbocycles. The largest absolute Gasteiger partial charge is 0.480 e. The third-order valence-electron chi connectivity index (χ3n) is 6.13. The SMILES string of the molecule is CC[C@H](C)[C@H](NC(=O)[C@H](C)NC(=O)[C@H](C)NC(=O)[C@H](C)N)C(=O)N[C@@H](CO)C(=O)N[C@@H](CCCNC(=N)N)C(=O)O. The number of aliphatic hydroxyl groups excluding tert-OH is 1. The van der Waals surface area contributed by atoms with Gasteiger partial charge in [-0.15, -0.1) is 0 Å². The fourth-order valence-electron chi connectivity index (χ4n) is 3.31. The van der Waals surface area contributed by atoms with Crippen molar-refractivity contribution in [1.29, 1.82) is 5.41 Å². The van der Waals surface area contributed by atoms with Gasteiger partial charge in [0, 0.05) is 6.54 Å². The van der Waals surface area contributed by atoms with Crippen molar-refractivity contribution < 1.29 is 39.0 Å². The van der Waals surface area contributed by atoms with Crippen LogP contribution in [0.1, 0.15) is 53.9 Å². The van der Waals surface area contributed by atoms with Gasteiger partial charge in [0.25, 0.3) is 0 Å². The highest BCUT2D eigenvalue weighted by Crippen LogP contribution is 2.09. The maximum absolute atomic E-state index is 13.1. The lowest BCUT2D eigenvalue weighted by molar-refractivity contribution is -0.143. The number of nitrogens with one attached hydrogen (secondary N) is 7. The predicted molar refractivity (Wildman–Crippen MR) is 148 cm³/mol. The monoisotopic (exact) mass is 587 g/mol. The van der Waals surface area contributed by atoms with Gasteiger partial charge in [-0.05, 0) is 39.5 Å². The van der Waals surface area contributed by atoms with Crippen LogP contribution in [0.5, 0.6) is 0 Å². The molecule has 0 aromatic rings.